The van der Waals surface area contributed by atoms with Gasteiger partial charge in [0, 0.05) is 24.8 Å². The summed E-state index contributed by atoms with van der Waals surface area (Å²) < 4.78 is 0. The second kappa shape index (κ2) is 8.07. The minimum Gasteiger partial charge on any atom is -0.356 e. The molecule has 16 heavy (non-hydrogen) atoms. The fraction of sp³-hybridized carbons (Fsp3) is 0.917. The van der Waals surface area contributed by atoms with Crippen molar-refractivity contribution >= 4 is 21.8 Å². The van der Waals surface area contributed by atoms with Gasteiger partial charge in [-0.25, -0.2) is 0 Å². The highest BCUT2D eigenvalue weighted by Crippen LogP contribution is 2.13. The van der Waals surface area contributed by atoms with Gasteiger partial charge < -0.3 is 10.2 Å². The number of halogens is 1. The first-order valence-corrected chi connectivity index (χ1v) is 7.35. The summed E-state index contributed by atoms with van der Waals surface area (Å²) in [6.45, 7) is 3.19. The Morgan fingerprint density at radius 3 is 3.00 bits per heavy atom. The van der Waals surface area contributed by atoms with E-state index in [1.54, 1.807) is 0 Å². The van der Waals surface area contributed by atoms with Crippen molar-refractivity contribution in [3.63, 3.8) is 0 Å². The second-order valence-electron chi connectivity index (χ2n) is 4.72. The number of piperidine rings is 1. The van der Waals surface area contributed by atoms with E-state index in [4.69, 9.17) is 0 Å². The number of alkyl halides is 1. The average Bonchev–Trinajstić information content (AvgIpc) is 2.27. The lowest BCUT2D eigenvalue weighted by Gasteiger charge is -2.29. The summed E-state index contributed by atoms with van der Waals surface area (Å²) in [5.41, 5.74) is 0. The number of hydrogen-bond acceptors (Lipinski definition) is 2. The van der Waals surface area contributed by atoms with Crippen LogP contribution in [0.3, 0.4) is 0 Å². The Morgan fingerprint density at radius 1 is 1.50 bits per heavy atom. The Balaban J connectivity index is 2.06. The highest BCUT2D eigenvalue weighted by atomic mass is 79.9. The van der Waals surface area contributed by atoms with Crippen LogP contribution in [0.4, 0.5) is 0 Å². The SMILES string of the molecule is CN1CCCC(CNC(=O)CCCCBr)C1. The number of likely N-dealkylation sites (tertiary alicyclic amines) is 1. The molecule has 1 atom stereocenters. The number of unbranched alkanes of at least 4 members (excludes halogenated alkanes) is 1. The molecule has 1 aliphatic rings. The van der Waals surface area contributed by atoms with E-state index < -0.39 is 0 Å². The summed E-state index contributed by atoms with van der Waals surface area (Å²) >= 11 is 3.37. The summed E-state index contributed by atoms with van der Waals surface area (Å²) in [4.78, 5) is 13.9. The van der Waals surface area contributed by atoms with E-state index in [9.17, 15) is 4.79 Å². The third-order valence-electron chi connectivity index (χ3n) is 3.10. The van der Waals surface area contributed by atoms with Crippen LogP contribution in [0.25, 0.3) is 0 Å². The molecule has 4 heteroatoms. The predicted molar refractivity (Wildman–Crippen MR) is 70.9 cm³/mol. The molecule has 0 radical (unpaired) electrons. The maximum Gasteiger partial charge on any atom is 0.220 e. The zero-order valence-electron chi connectivity index (χ0n) is 10.2. The van der Waals surface area contributed by atoms with Gasteiger partial charge in [-0.15, -0.1) is 0 Å². The topological polar surface area (TPSA) is 32.3 Å². The average molecular weight is 291 g/mol. The van der Waals surface area contributed by atoms with Gasteiger partial charge in [0.1, 0.15) is 0 Å². The Bertz CT molecular complexity index is 211. The van der Waals surface area contributed by atoms with Crippen LogP contribution in [-0.4, -0.2) is 42.8 Å². The maximum absolute atomic E-state index is 11.5. The molecule has 3 nitrogen and oxygen atoms in total. The van der Waals surface area contributed by atoms with E-state index in [1.807, 2.05) is 0 Å². The molecule has 0 aromatic heterocycles. The smallest absolute Gasteiger partial charge is 0.220 e. The number of nitrogens with zero attached hydrogens (tertiary/aromatic N) is 1. The van der Waals surface area contributed by atoms with Crippen molar-refractivity contribution in [3.8, 4) is 0 Å². The first-order valence-electron chi connectivity index (χ1n) is 6.23. The Labute approximate surface area is 107 Å². The Kier molecular flexibility index (Phi) is 7.05. The number of carbonyl (C=O) groups excluding carboxylic acids is 1. The first-order chi connectivity index (χ1) is 7.72. The minimum atomic E-state index is 0.217. The number of nitrogens with one attached hydrogen (secondary N) is 1. The number of carbonyl (C=O) groups is 1. The number of hydrogen-bond donors (Lipinski definition) is 1. The third kappa shape index (κ3) is 5.85. The van der Waals surface area contributed by atoms with E-state index >= 15 is 0 Å². The Hall–Kier alpha value is -0.0900. The molecule has 1 rings (SSSR count). The highest BCUT2D eigenvalue weighted by Gasteiger charge is 2.17. The number of amides is 1. The van der Waals surface area contributed by atoms with Crippen LogP contribution in [-0.2, 0) is 4.79 Å². The van der Waals surface area contributed by atoms with Crippen molar-refractivity contribution in [1.29, 1.82) is 0 Å². The first kappa shape index (κ1) is 14.0. The van der Waals surface area contributed by atoms with Crippen molar-refractivity contribution < 1.29 is 4.79 Å². The van der Waals surface area contributed by atoms with Gasteiger partial charge >= 0.3 is 0 Å². The van der Waals surface area contributed by atoms with Crippen molar-refractivity contribution in [1.82, 2.24) is 10.2 Å². The monoisotopic (exact) mass is 290 g/mol. The summed E-state index contributed by atoms with van der Waals surface area (Å²) in [5, 5.41) is 4.04. The van der Waals surface area contributed by atoms with Gasteiger partial charge in [0.2, 0.25) is 5.91 Å². The van der Waals surface area contributed by atoms with Crippen LogP contribution < -0.4 is 5.32 Å². The molecule has 1 heterocycles. The standard InChI is InChI=1S/C12H23BrN2O/c1-15-8-4-5-11(10-15)9-14-12(16)6-2-3-7-13/h11H,2-10H2,1H3,(H,14,16). The predicted octanol–water partition coefficient (Wildman–Crippen LogP) is 2.01. The van der Waals surface area contributed by atoms with Crippen LogP contribution in [0.1, 0.15) is 32.1 Å². The van der Waals surface area contributed by atoms with E-state index in [2.05, 4.69) is 33.2 Å². The highest BCUT2D eigenvalue weighted by molar-refractivity contribution is 9.09. The van der Waals surface area contributed by atoms with Crippen LogP contribution in [0, 0.1) is 5.92 Å². The molecule has 0 spiro atoms. The second-order valence-corrected chi connectivity index (χ2v) is 5.51. The van der Waals surface area contributed by atoms with Crippen LogP contribution in [0.5, 0.6) is 0 Å². The van der Waals surface area contributed by atoms with Gasteiger partial charge in [0.05, 0.1) is 0 Å². The van der Waals surface area contributed by atoms with Gasteiger partial charge in [-0.1, -0.05) is 15.9 Å². The van der Waals surface area contributed by atoms with Gasteiger partial charge in [0.25, 0.3) is 0 Å². The molecular weight excluding hydrogens is 268 g/mol. The van der Waals surface area contributed by atoms with E-state index in [1.165, 1.54) is 19.4 Å². The fourth-order valence-corrected chi connectivity index (χ4v) is 2.56. The quantitative estimate of drug-likeness (QED) is 0.600. The normalized spacial score (nSPS) is 22.0. The summed E-state index contributed by atoms with van der Waals surface area (Å²) in [6.07, 6.45) is 5.27. The minimum absolute atomic E-state index is 0.217. The van der Waals surface area contributed by atoms with E-state index in [-0.39, 0.29) is 5.91 Å². The fourth-order valence-electron chi connectivity index (χ4n) is 2.17. The lowest BCUT2D eigenvalue weighted by Crippen LogP contribution is -2.39. The molecule has 1 amide bonds. The third-order valence-corrected chi connectivity index (χ3v) is 3.66. The van der Waals surface area contributed by atoms with Gasteiger partial charge in [-0.2, -0.15) is 0 Å². The summed E-state index contributed by atoms with van der Waals surface area (Å²) in [5.74, 6) is 0.869. The molecule has 1 unspecified atom stereocenters. The van der Waals surface area contributed by atoms with E-state index in [0.29, 0.717) is 12.3 Å². The number of rotatable bonds is 6. The molecule has 0 saturated carbocycles. The zero-order valence-corrected chi connectivity index (χ0v) is 11.8. The molecule has 0 bridgehead atoms. The van der Waals surface area contributed by atoms with Crippen molar-refractivity contribution in [2.24, 2.45) is 5.92 Å². The van der Waals surface area contributed by atoms with Gasteiger partial charge in [-0.3, -0.25) is 4.79 Å². The van der Waals surface area contributed by atoms with Crippen molar-refractivity contribution in [2.75, 3.05) is 32.0 Å². The lowest BCUT2D eigenvalue weighted by molar-refractivity contribution is -0.121. The van der Waals surface area contributed by atoms with Crippen molar-refractivity contribution in [3.05, 3.63) is 0 Å². The molecule has 0 aromatic rings. The van der Waals surface area contributed by atoms with Crippen molar-refractivity contribution in [2.45, 2.75) is 32.1 Å². The van der Waals surface area contributed by atoms with Gasteiger partial charge in [-0.05, 0) is 45.2 Å². The Morgan fingerprint density at radius 2 is 2.31 bits per heavy atom. The largest absolute Gasteiger partial charge is 0.356 e. The maximum atomic E-state index is 11.5. The molecule has 0 aromatic carbocycles. The molecule has 1 aliphatic heterocycles. The molecule has 0 aliphatic carbocycles. The van der Waals surface area contributed by atoms with Crippen LogP contribution >= 0.6 is 15.9 Å². The molecule has 94 valence electrons. The van der Waals surface area contributed by atoms with Gasteiger partial charge in [0.15, 0.2) is 0 Å². The molecule has 1 N–H and O–H groups in total. The zero-order chi connectivity index (χ0) is 11.8. The molecular formula is C12H23BrN2O. The summed E-state index contributed by atoms with van der Waals surface area (Å²) in [7, 11) is 2.16. The van der Waals surface area contributed by atoms with Crippen LogP contribution in [0.15, 0.2) is 0 Å². The lowest BCUT2D eigenvalue weighted by atomic mass is 9.98. The van der Waals surface area contributed by atoms with E-state index in [0.717, 1.165) is 31.3 Å². The molecule has 1 fully saturated rings. The molecule has 1 saturated heterocycles. The van der Waals surface area contributed by atoms with Crippen LogP contribution in [0.2, 0.25) is 0 Å². The summed E-state index contributed by atoms with van der Waals surface area (Å²) in [6, 6.07) is 0.